The lowest BCUT2D eigenvalue weighted by atomic mass is 9.74. The monoisotopic (exact) mass is 279 g/mol. The van der Waals surface area contributed by atoms with Crippen molar-refractivity contribution < 1.29 is 9.13 Å². The molecule has 0 heterocycles. The number of nitrogens with two attached hydrogens (primary N) is 1. The van der Waals surface area contributed by atoms with Crippen molar-refractivity contribution in [3.05, 3.63) is 29.6 Å². The number of benzene rings is 1. The molecule has 1 aromatic carbocycles. The van der Waals surface area contributed by atoms with Crippen LogP contribution in [0, 0.1) is 17.7 Å². The third-order valence-electron chi connectivity index (χ3n) is 4.57. The van der Waals surface area contributed by atoms with E-state index >= 15 is 0 Å². The van der Waals surface area contributed by atoms with Crippen molar-refractivity contribution in [2.24, 2.45) is 17.6 Å². The Morgan fingerprint density at radius 1 is 1.30 bits per heavy atom. The van der Waals surface area contributed by atoms with Gasteiger partial charge in [0.1, 0.15) is 0 Å². The van der Waals surface area contributed by atoms with Crippen molar-refractivity contribution in [1.82, 2.24) is 0 Å². The van der Waals surface area contributed by atoms with Crippen molar-refractivity contribution in [3.8, 4) is 5.75 Å². The van der Waals surface area contributed by atoms with Crippen LogP contribution in [0.4, 0.5) is 4.39 Å². The molecule has 2 nitrogen and oxygen atoms in total. The van der Waals surface area contributed by atoms with E-state index in [1.165, 1.54) is 25.7 Å². The lowest BCUT2D eigenvalue weighted by Crippen LogP contribution is -2.25. The molecule has 3 heteroatoms. The standard InChI is InChI=1S/C17H26FNO/c1-3-20-17-9-8-14(10-16(17)18)15(11-19)13-6-4-12(2)5-7-13/h8-10,12-13,15H,3-7,11,19H2,1-2H3. The first-order valence-corrected chi connectivity index (χ1v) is 7.78. The van der Waals surface area contributed by atoms with E-state index < -0.39 is 0 Å². The smallest absolute Gasteiger partial charge is 0.165 e. The highest BCUT2D eigenvalue weighted by atomic mass is 19.1. The molecule has 0 aromatic heterocycles. The number of ether oxygens (including phenoxy) is 1. The summed E-state index contributed by atoms with van der Waals surface area (Å²) in [5, 5.41) is 0. The molecular formula is C17H26FNO. The average molecular weight is 279 g/mol. The summed E-state index contributed by atoms with van der Waals surface area (Å²) in [6.07, 6.45) is 4.94. The van der Waals surface area contributed by atoms with Crippen molar-refractivity contribution in [2.75, 3.05) is 13.2 Å². The van der Waals surface area contributed by atoms with E-state index in [1.807, 2.05) is 13.0 Å². The third kappa shape index (κ3) is 3.51. The molecule has 1 aliphatic rings. The Balaban J connectivity index is 2.13. The molecule has 2 rings (SSSR count). The molecule has 1 saturated carbocycles. The molecule has 0 amide bonds. The summed E-state index contributed by atoms with van der Waals surface area (Å²) in [6, 6.07) is 5.33. The van der Waals surface area contributed by atoms with Crippen LogP contribution in [0.3, 0.4) is 0 Å². The van der Waals surface area contributed by atoms with Crippen LogP contribution in [0.15, 0.2) is 18.2 Å². The van der Waals surface area contributed by atoms with Gasteiger partial charge < -0.3 is 10.5 Å². The Labute approximate surface area is 121 Å². The minimum absolute atomic E-state index is 0.271. The topological polar surface area (TPSA) is 35.2 Å². The fourth-order valence-electron chi connectivity index (χ4n) is 3.31. The maximum atomic E-state index is 14.0. The summed E-state index contributed by atoms with van der Waals surface area (Å²) in [6.45, 7) is 5.24. The molecular weight excluding hydrogens is 253 g/mol. The van der Waals surface area contributed by atoms with Crippen molar-refractivity contribution in [3.63, 3.8) is 0 Å². The zero-order valence-electron chi connectivity index (χ0n) is 12.6. The van der Waals surface area contributed by atoms with Gasteiger partial charge in [0.25, 0.3) is 0 Å². The molecule has 0 saturated heterocycles. The van der Waals surface area contributed by atoms with Gasteiger partial charge in [0.2, 0.25) is 0 Å². The summed E-state index contributed by atoms with van der Waals surface area (Å²) in [7, 11) is 0. The van der Waals surface area contributed by atoms with Crippen molar-refractivity contribution in [2.45, 2.75) is 45.4 Å². The van der Waals surface area contributed by atoms with Gasteiger partial charge in [-0.05, 0) is 61.8 Å². The SMILES string of the molecule is CCOc1ccc(C(CN)C2CCC(C)CC2)cc1F. The second-order valence-corrected chi connectivity index (χ2v) is 5.99. The summed E-state index contributed by atoms with van der Waals surface area (Å²) < 4.78 is 19.3. The first kappa shape index (κ1) is 15.3. The van der Waals surface area contributed by atoms with Crippen LogP contribution in [0.1, 0.15) is 51.0 Å². The normalized spacial score (nSPS) is 24.4. The first-order chi connectivity index (χ1) is 9.65. The van der Waals surface area contributed by atoms with Crippen LogP contribution < -0.4 is 10.5 Å². The minimum atomic E-state index is -0.271. The van der Waals surface area contributed by atoms with Gasteiger partial charge in [-0.1, -0.05) is 25.8 Å². The molecule has 0 bridgehead atoms. The summed E-state index contributed by atoms with van der Waals surface area (Å²) in [4.78, 5) is 0. The van der Waals surface area contributed by atoms with E-state index in [4.69, 9.17) is 10.5 Å². The van der Waals surface area contributed by atoms with Crippen LogP contribution in [0.2, 0.25) is 0 Å². The van der Waals surface area contributed by atoms with Crippen LogP contribution >= 0.6 is 0 Å². The largest absolute Gasteiger partial charge is 0.491 e. The second kappa shape index (κ2) is 7.07. The molecule has 1 aromatic rings. The van der Waals surface area contributed by atoms with E-state index in [2.05, 4.69) is 6.92 Å². The Kier molecular flexibility index (Phi) is 5.41. The molecule has 0 aliphatic heterocycles. The molecule has 0 radical (unpaired) electrons. The molecule has 1 unspecified atom stereocenters. The molecule has 1 aliphatic carbocycles. The van der Waals surface area contributed by atoms with Crippen LogP contribution in [-0.2, 0) is 0 Å². The quantitative estimate of drug-likeness (QED) is 0.881. The molecule has 20 heavy (non-hydrogen) atoms. The molecule has 2 N–H and O–H groups in total. The maximum Gasteiger partial charge on any atom is 0.165 e. The van der Waals surface area contributed by atoms with Gasteiger partial charge in [-0.2, -0.15) is 0 Å². The second-order valence-electron chi connectivity index (χ2n) is 5.99. The molecule has 112 valence electrons. The Hall–Kier alpha value is -1.09. The number of hydrogen-bond acceptors (Lipinski definition) is 2. The fraction of sp³-hybridized carbons (Fsp3) is 0.647. The molecule has 1 atom stereocenters. The van der Waals surface area contributed by atoms with Crippen molar-refractivity contribution in [1.29, 1.82) is 0 Å². The predicted octanol–water partition coefficient (Wildman–Crippen LogP) is 4.09. The highest BCUT2D eigenvalue weighted by molar-refractivity contribution is 5.32. The Morgan fingerprint density at radius 2 is 2.00 bits per heavy atom. The van der Waals surface area contributed by atoms with Crippen LogP contribution in [-0.4, -0.2) is 13.2 Å². The lowest BCUT2D eigenvalue weighted by Gasteiger charge is -2.32. The maximum absolute atomic E-state index is 14.0. The van der Waals surface area contributed by atoms with E-state index in [1.54, 1.807) is 12.1 Å². The van der Waals surface area contributed by atoms with Gasteiger partial charge in [-0.25, -0.2) is 4.39 Å². The van der Waals surface area contributed by atoms with E-state index in [0.717, 1.165) is 11.5 Å². The van der Waals surface area contributed by atoms with E-state index in [-0.39, 0.29) is 11.7 Å². The first-order valence-electron chi connectivity index (χ1n) is 7.78. The highest BCUT2D eigenvalue weighted by Gasteiger charge is 2.26. The highest BCUT2D eigenvalue weighted by Crippen LogP contribution is 2.38. The van der Waals surface area contributed by atoms with Gasteiger partial charge >= 0.3 is 0 Å². The van der Waals surface area contributed by atoms with Gasteiger partial charge in [0.05, 0.1) is 6.61 Å². The minimum Gasteiger partial charge on any atom is -0.491 e. The van der Waals surface area contributed by atoms with Crippen LogP contribution in [0.25, 0.3) is 0 Å². The van der Waals surface area contributed by atoms with Gasteiger partial charge in [0, 0.05) is 0 Å². The zero-order chi connectivity index (χ0) is 14.5. The molecule has 1 fully saturated rings. The van der Waals surface area contributed by atoms with Crippen molar-refractivity contribution >= 4 is 0 Å². The number of rotatable bonds is 5. The summed E-state index contributed by atoms with van der Waals surface area (Å²) in [5.74, 6) is 1.75. The van der Waals surface area contributed by atoms with E-state index in [9.17, 15) is 4.39 Å². The molecule has 0 spiro atoms. The third-order valence-corrected chi connectivity index (χ3v) is 4.57. The van der Waals surface area contributed by atoms with E-state index in [0.29, 0.717) is 24.8 Å². The zero-order valence-corrected chi connectivity index (χ0v) is 12.6. The van der Waals surface area contributed by atoms with Crippen LogP contribution in [0.5, 0.6) is 5.75 Å². The number of hydrogen-bond donors (Lipinski definition) is 1. The summed E-state index contributed by atoms with van der Waals surface area (Å²) >= 11 is 0. The van der Waals surface area contributed by atoms with Gasteiger partial charge in [0.15, 0.2) is 11.6 Å². The Morgan fingerprint density at radius 3 is 2.55 bits per heavy atom. The van der Waals surface area contributed by atoms with Gasteiger partial charge in [-0.15, -0.1) is 0 Å². The summed E-state index contributed by atoms with van der Waals surface area (Å²) in [5.41, 5.74) is 6.98. The number of halogens is 1. The fourth-order valence-corrected chi connectivity index (χ4v) is 3.31. The lowest BCUT2D eigenvalue weighted by molar-refractivity contribution is 0.255. The predicted molar refractivity (Wildman–Crippen MR) is 80.5 cm³/mol. The Bertz CT molecular complexity index is 427. The van der Waals surface area contributed by atoms with Gasteiger partial charge in [-0.3, -0.25) is 0 Å². The average Bonchev–Trinajstić information content (AvgIpc) is 2.45.